The van der Waals surface area contributed by atoms with Crippen molar-refractivity contribution in [2.24, 2.45) is 12.0 Å². The third kappa shape index (κ3) is 2.38. The molecule has 0 saturated carbocycles. The topological polar surface area (TPSA) is 60.4 Å². The van der Waals surface area contributed by atoms with Crippen LogP contribution in [-0.2, 0) is 7.05 Å². The minimum absolute atomic E-state index is 0.157. The number of rotatable bonds is 3. The standard InChI is InChI=1S/C19H19N3O2/c1-11(9-20-4)8-12(2)14-6-7-15-17(13(14)3)22(5)19(23)16-18(15)24-10-21-16/h6-10H,1H2,2-5H3/b12-8+,20-9-. The van der Waals surface area contributed by atoms with E-state index in [1.54, 1.807) is 24.9 Å². The summed E-state index contributed by atoms with van der Waals surface area (Å²) in [6.45, 7) is 7.99. The molecule has 2 aromatic heterocycles. The Bertz CT molecular complexity index is 1080. The number of aliphatic imine (C=N–C) groups is 1. The van der Waals surface area contributed by atoms with Gasteiger partial charge in [0, 0.05) is 25.7 Å². The number of aromatic nitrogens is 2. The fourth-order valence-electron chi connectivity index (χ4n) is 3.15. The van der Waals surface area contributed by atoms with E-state index in [-0.39, 0.29) is 5.56 Å². The highest BCUT2D eigenvalue weighted by Crippen LogP contribution is 2.29. The van der Waals surface area contributed by atoms with Gasteiger partial charge in [-0.25, -0.2) is 4.98 Å². The largest absolute Gasteiger partial charge is 0.443 e. The van der Waals surface area contributed by atoms with Gasteiger partial charge < -0.3 is 8.98 Å². The molecule has 0 atom stereocenters. The summed E-state index contributed by atoms with van der Waals surface area (Å²) < 4.78 is 7.08. The van der Waals surface area contributed by atoms with Gasteiger partial charge in [-0.2, -0.15) is 0 Å². The van der Waals surface area contributed by atoms with Crippen molar-refractivity contribution in [3.63, 3.8) is 0 Å². The molecule has 0 amide bonds. The fourth-order valence-corrected chi connectivity index (χ4v) is 3.15. The summed E-state index contributed by atoms with van der Waals surface area (Å²) in [7, 11) is 3.48. The second-order valence-corrected chi connectivity index (χ2v) is 5.82. The van der Waals surface area contributed by atoms with Crippen LogP contribution in [0.4, 0.5) is 0 Å². The van der Waals surface area contributed by atoms with Crippen LogP contribution >= 0.6 is 0 Å². The molecule has 3 rings (SSSR count). The quantitative estimate of drug-likeness (QED) is 0.546. The Kier molecular flexibility index (Phi) is 3.93. The van der Waals surface area contributed by atoms with Gasteiger partial charge in [0.2, 0.25) is 0 Å². The zero-order valence-electron chi connectivity index (χ0n) is 14.3. The molecule has 0 saturated heterocycles. The first-order valence-electron chi connectivity index (χ1n) is 7.61. The highest BCUT2D eigenvalue weighted by atomic mass is 16.3. The van der Waals surface area contributed by atoms with Crippen LogP contribution in [0.3, 0.4) is 0 Å². The molecule has 0 aliphatic carbocycles. The molecule has 0 aliphatic rings. The Morgan fingerprint density at radius 3 is 2.88 bits per heavy atom. The van der Waals surface area contributed by atoms with Gasteiger partial charge >= 0.3 is 0 Å². The molecule has 1 aromatic carbocycles. The molecule has 0 N–H and O–H groups in total. The predicted molar refractivity (Wildman–Crippen MR) is 98.7 cm³/mol. The first-order valence-corrected chi connectivity index (χ1v) is 7.61. The third-order valence-corrected chi connectivity index (χ3v) is 4.21. The lowest BCUT2D eigenvalue weighted by Gasteiger charge is -2.13. The Labute approximate surface area is 139 Å². The molecule has 24 heavy (non-hydrogen) atoms. The molecular weight excluding hydrogens is 302 g/mol. The van der Waals surface area contributed by atoms with Gasteiger partial charge in [-0.3, -0.25) is 9.79 Å². The number of aryl methyl sites for hydroxylation is 2. The molecule has 2 heterocycles. The van der Waals surface area contributed by atoms with Gasteiger partial charge in [-0.1, -0.05) is 18.7 Å². The van der Waals surface area contributed by atoms with Crippen LogP contribution in [0.15, 0.2) is 51.0 Å². The van der Waals surface area contributed by atoms with Crippen LogP contribution in [-0.4, -0.2) is 22.8 Å². The van der Waals surface area contributed by atoms with E-state index in [4.69, 9.17) is 4.42 Å². The van der Waals surface area contributed by atoms with E-state index in [0.29, 0.717) is 11.1 Å². The summed E-state index contributed by atoms with van der Waals surface area (Å²) >= 11 is 0. The molecule has 0 radical (unpaired) electrons. The van der Waals surface area contributed by atoms with Gasteiger partial charge in [0.15, 0.2) is 17.5 Å². The Balaban J connectivity index is 2.33. The minimum Gasteiger partial charge on any atom is -0.443 e. The van der Waals surface area contributed by atoms with E-state index >= 15 is 0 Å². The zero-order valence-corrected chi connectivity index (χ0v) is 14.3. The second kappa shape index (κ2) is 5.92. The van der Waals surface area contributed by atoms with Crippen molar-refractivity contribution in [2.75, 3.05) is 7.05 Å². The molecule has 5 heteroatoms. The minimum atomic E-state index is -0.157. The average Bonchev–Trinajstić information content (AvgIpc) is 3.02. The summed E-state index contributed by atoms with van der Waals surface area (Å²) in [6, 6.07) is 4.00. The first kappa shape index (κ1) is 15.9. The summed E-state index contributed by atoms with van der Waals surface area (Å²) in [5, 5.41) is 0.882. The summed E-state index contributed by atoms with van der Waals surface area (Å²) in [5.41, 5.74) is 5.55. The lowest BCUT2D eigenvalue weighted by atomic mass is 9.97. The van der Waals surface area contributed by atoms with E-state index in [1.165, 1.54) is 6.39 Å². The van der Waals surface area contributed by atoms with Crippen molar-refractivity contribution in [1.29, 1.82) is 0 Å². The van der Waals surface area contributed by atoms with E-state index in [1.807, 2.05) is 32.1 Å². The number of oxazole rings is 1. The maximum atomic E-state index is 12.5. The smallest absolute Gasteiger partial charge is 0.280 e. The van der Waals surface area contributed by atoms with Crippen molar-refractivity contribution < 1.29 is 4.42 Å². The maximum Gasteiger partial charge on any atom is 0.280 e. The van der Waals surface area contributed by atoms with Crippen LogP contribution < -0.4 is 5.56 Å². The first-order chi connectivity index (χ1) is 11.5. The lowest BCUT2D eigenvalue weighted by Crippen LogP contribution is -2.18. The molecule has 0 unspecified atom stereocenters. The number of fused-ring (bicyclic) bond motifs is 3. The molecule has 0 bridgehead atoms. The van der Waals surface area contributed by atoms with E-state index in [9.17, 15) is 4.79 Å². The summed E-state index contributed by atoms with van der Waals surface area (Å²) in [6.07, 6.45) is 5.01. The van der Waals surface area contributed by atoms with Crippen LogP contribution in [0, 0.1) is 6.92 Å². The maximum absolute atomic E-state index is 12.5. The number of benzene rings is 1. The van der Waals surface area contributed by atoms with Gasteiger partial charge in [-0.15, -0.1) is 0 Å². The molecule has 3 aromatic rings. The van der Waals surface area contributed by atoms with Crippen molar-refractivity contribution in [2.45, 2.75) is 13.8 Å². The monoisotopic (exact) mass is 321 g/mol. The van der Waals surface area contributed by atoms with E-state index in [0.717, 1.165) is 33.2 Å². The number of allylic oxidation sites excluding steroid dienone is 3. The summed E-state index contributed by atoms with van der Waals surface area (Å²) in [4.78, 5) is 20.5. The Morgan fingerprint density at radius 2 is 2.17 bits per heavy atom. The number of hydrogen-bond donors (Lipinski definition) is 0. The van der Waals surface area contributed by atoms with Crippen molar-refractivity contribution in [3.8, 4) is 0 Å². The zero-order chi connectivity index (χ0) is 17.4. The Morgan fingerprint density at radius 1 is 1.42 bits per heavy atom. The van der Waals surface area contributed by atoms with Crippen LogP contribution in [0.5, 0.6) is 0 Å². The van der Waals surface area contributed by atoms with Crippen LogP contribution in [0.2, 0.25) is 0 Å². The van der Waals surface area contributed by atoms with Gasteiger partial charge in [0.05, 0.1) is 5.52 Å². The second-order valence-electron chi connectivity index (χ2n) is 5.82. The number of nitrogens with zero attached hydrogens (tertiary/aromatic N) is 3. The van der Waals surface area contributed by atoms with Gasteiger partial charge in [-0.05, 0) is 42.2 Å². The lowest BCUT2D eigenvalue weighted by molar-refractivity contribution is 0.605. The molecule has 0 spiro atoms. The van der Waals surface area contributed by atoms with Crippen LogP contribution in [0.25, 0.3) is 27.6 Å². The fraction of sp³-hybridized carbons (Fsp3) is 0.211. The average molecular weight is 321 g/mol. The van der Waals surface area contributed by atoms with Crippen molar-refractivity contribution in [1.82, 2.24) is 9.55 Å². The number of pyridine rings is 1. The van der Waals surface area contributed by atoms with Crippen molar-refractivity contribution >= 4 is 33.8 Å². The predicted octanol–water partition coefficient (Wildman–Crippen LogP) is 3.65. The SMILES string of the molecule is C=C(/C=N\C)/C=C(\C)c1ccc2c3ocnc3c(=O)n(C)c2c1C. The highest BCUT2D eigenvalue weighted by Gasteiger charge is 2.16. The van der Waals surface area contributed by atoms with Gasteiger partial charge in [0.1, 0.15) is 0 Å². The molecule has 122 valence electrons. The normalized spacial score (nSPS) is 12.6. The van der Waals surface area contributed by atoms with Crippen molar-refractivity contribution in [3.05, 3.63) is 58.2 Å². The molecule has 0 aliphatic heterocycles. The van der Waals surface area contributed by atoms with E-state index < -0.39 is 0 Å². The van der Waals surface area contributed by atoms with Crippen LogP contribution in [0.1, 0.15) is 18.1 Å². The third-order valence-electron chi connectivity index (χ3n) is 4.21. The number of hydrogen-bond acceptors (Lipinski definition) is 4. The molecule has 5 nitrogen and oxygen atoms in total. The summed E-state index contributed by atoms with van der Waals surface area (Å²) in [5.74, 6) is 0. The molecular formula is C19H19N3O2. The van der Waals surface area contributed by atoms with E-state index in [2.05, 4.69) is 16.6 Å². The molecule has 0 fully saturated rings. The highest BCUT2D eigenvalue weighted by molar-refractivity contribution is 6.03. The Hall–Kier alpha value is -2.95. The van der Waals surface area contributed by atoms with Gasteiger partial charge in [0.25, 0.3) is 5.56 Å².